The molecule has 0 fully saturated rings. The van der Waals surface area contributed by atoms with Crippen LogP contribution in [0.15, 0.2) is 75.9 Å². The lowest BCUT2D eigenvalue weighted by atomic mass is 9.88. The number of nitrogens with one attached hydrogen (secondary N) is 1. The predicted octanol–water partition coefficient (Wildman–Crippen LogP) is 5.13. The molecule has 0 radical (unpaired) electrons. The van der Waals surface area contributed by atoms with Gasteiger partial charge >= 0.3 is 5.63 Å². The average Bonchev–Trinajstić information content (AvgIpc) is 3.31. The SMILES string of the molecule is COc1ccc(NC(=O)[C@H]2Oc3c(c(=O)oc4ccccc34)[C@@H]2c2ccc(OC(C)C)c(OC)c2)cc1. The number of hydrogen-bond donors (Lipinski definition) is 1. The van der Waals surface area contributed by atoms with E-state index in [0.717, 1.165) is 0 Å². The molecule has 2 heterocycles. The maximum absolute atomic E-state index is 13.6. The third-order valence-corrected chi connectivity index (χ3v) is 6.18. The van der Waals surface area contributed by atoms with Crippen molar-refractivity contribution >= 4 is 22.6 Å². The van der Waals surface area contributed by atoms with E-state index in [2.05, 4.69) is 5.32 Å². The lowest BCUT2D eigenvalue weighted by molar-refractivity contribution is -0.122. The second-order valence-electron chi connectivity index (χ2n) is 8.94. The Hall–Kier alpha value is -4.46. The van der Waals surface area contributed by atoms with E-state index < -0.39 is 23.6 Å². The first kappa shape index (κ1) is 24.2. The molecule has 0 saturated carbocycles. The molecule has 3 aromatic carbocycles. The van der Waals surface area contributed by atoms with E-state index >= 15 is 0 Å². The van der Waals surface area contributed by atoms with E-state index in [-0.39, 0.29) is 11.7 Å². The number of anilines is 1. The highest BCUT2D eigenvalue weighted by atomic mass is 16.5. The first-order valence-corrected chi connectivity index (χ1v) is 11.9. The van der Waals surface area contributed by atoms with Gasteiger partial charge < -0.3 is 28.7 Å². The van der Waals surface area contributed by atoms with Crippen LogP contribution < -0.4 is 29.9 Å². The number of benzene rings is 3. The Labute approximate surface area is 213 Å². The van der Waals surface area contributed by atoms with Crippen LogP contribution in [0.5, 0.6) is 23.0 Å². The van der Waals surface area contributed by atoms with Gasteiger partial charge in [0.05, 0.1) is 37.2 Å². The molecule has 1 N–H and O–H groups in total. The first-order chi connectivity index (χ1) is 17.9. The molecule has 0 spiro atoms. The fourth-order valence-corrected chi connectivity index (χ4v) is 4.54. The lowest BCUT2D eigenvalue weighted by Gasteiger charge is -2.20. The maximum atomic E-state index is 13.6. The number of methoxy groups -OCH3 is 2. The Morgan fingerprint density at radius 2 is 1.70 bits per heavy atom. The number of carbonyl (C=O) groups excluding carboxylic acids is 1. The van der Waals surface area contributed by atoms with Crippen LogP contribution in [0.1, 0.15) is 30.9 Å². The van der Waals surface area contributed by atoms with E-state index in [4.69, 9.17) is 23.4 Å². The third-order valence-electron chi connectivity index (χ3n) is 6.18. The zero-order valence-corrected chi connectivity index (χ0v) is 20.9. The van der Waals surface area contributed by atoms with Crippen molar-refractivity contribution in [1.82, 2.24) is 0 Å². The van der Waals surface area contributed by atoms with Crippen LogP contribution in [0.25, 0.3) is 11.0 Å². The van der Waals surface area contributed by atoms with Crippen molar-refractivity contribution in [2.45, 2.75) is 32.0 Å². The molecular weight excluding hydrogens is 474 g/mol. The summed E-state index contributed by atoms with van der Waals surface area (Å²) in [5.41, 5.74) is 1.34. The van der Waals surface area contributed by atoms with Gasteiger partial charge in [-0.05, 0) is 67.9 Å². The molecule has 2 atom stereocenters. The average molecular weight is 502 g/mol. The quantitative estimate of drug-likeness (QED) is 0.351. The molecule has 1 aliphatic heterocycles. The largest absolute Gasteiger partial charge is 0.497 e. The molecule has 0 aliphatic carbocycles. The number of amides is 1. The van der Waals surface area contributed by atoms with Gasteiger partial charge in [0.2, 0.25) is 0 Å². The number of ether oxygens (including phenoxy) is 4. The minimum Gasteiger partial charge on any atom is -0.497 e. The number of hydrogen-bond acceptors (Lipinski definition) is 7. The molecule has 4 aromatic rings. The zero-order valence-electron chi connectivity index (χ0n) is 20.9. The normalized spacial score (nSPS) is 16.2. The summed E-state index contributed by atoms with van der Waals surface area (Å²) in [6, 6.07) is 19.4. The van der Waals surface area contributed by atoms with Crippen molar-refractivity contribution < 1.29 is 28.2 Å². The number of rotatable bonds is 7. The molecule has 0 saturated heterocycles. The van der Waals surface area contributed by atoms with Gasteiger partial charge in [-0.15, -0.1) is 0 Å². The highest BCUT2D eigenvalue weighted by Crippen LogP contribution is 2.46. The number of para-hydroxylation sites is 1. The second-order valence-corrected chi connectivity index (χ2v) is 8.94. The lowest BCUT2D eigenvalue weighted by Crippen LogP contribution is -2.35. The van der Waals surface area contributed by atoms with Crippen molar-refractivity contribution in [3.8, 4) is 23.0 Å². The fraction of sp³-hybridized carbons (Fsp3) is 0.241. The Balaban J connectivity index is 1.60. The molecular formula is C29H27NO7. The van der Waals surface area contributed by atoms with Gasteiger partial charge in [-0.1, -0.05) is 18.2 Å². The molecule has 8 nitrogen and oxygen atoms in total. The predicted molar refractivity (Wildman–Crippen MR) is 139 cm³/mol. The maximum Gasteiger partial charge on any atom is 0.344 e. The molecule has 8 heteroatoms. The van der Waals surface area contributed by atoms with E-state index in [9.17, 15) is 9.59 Å². The van der Waals surface area contributed by atoms with Crippen LogP contribution >= 0.6 is 0 Å². The number of carbonyl (C=O) groups is 1. The standard InChI is InChI=1S/C29H27NO7/c1-16(2)35-22-14-9-17(15-23(22)34-4)24-25-26(20-7-5-6-8-21(20)36-29(25)32)37-27(24)28(31)30-18-10-12-19(33-3)13-11-18/h5-16,24,27H,1-4H3,(H,30,31)/t24-,27-/m0/s1. The van der Waals surface area contributed by atoms with Crippen LogP contribution in [-0.2, 0) is 4.79 Å². The van der Waals surface area contributed by atoms with Gasteiger partial charge in [-0.3, -0.25) is 4.79 Å². The molecule has 190 valence electrons. The van der Waals surface area contributed by atoms with E-state index in [1.54, 1.807) is 68.8 Å². The van der Waals surface area contributed by atoms with Crippen LogP contribution in [0, 0.1) is 0 Å². The van der Waals surface area contributed by atoms with Crippen molar-refractivity contribution in [2.75, 3.05) is 19.5 Å². The molecule has 0 unspecified atom stereocenters. The monoisotopic (exact) mass is 501 g/mol. The van der Waals surface area contributed by atoms with Gasteiger partial charge in [0.1, 0.15) is 17.1 Å². The minimum atomic E-state index is -1.03. The smallest absolute Gasteiger partial charge is 0.344 e. The Morgan fingerprint density at radius 1 is 0.946 bits per heavy atom. The molecule has 1 aromatic heterocycles. The molecule has 5 rings (SSSR count). The summed E-state index contributed by atoms with van der Waals surface area (Å²) in [6.07, 6.45) is -1.09. The van der Waals surface area contributed by atoms with Gasteiger partial charge in [0.15, 0.2) is 17.6 Å². The van der Waals surface area contributed by atoms with Gasteiger partial charge in [-0.2, -0.15) is 0 Å². The van der Waals surface area contributed by atoms with Crippen LogP contribution in [0.4, 0.5) is 5.69 Å². The topological polar surface area (TPSA) is 96.2 Å². The Bertz CT molecular complexity index is 1510. The first-order valence-electron chi connectivity index (χ1n) is 11.9. The summed E-state index contributed by atoms with van der Waals surface area (Å²) in [5.74, 6) is 0.908. The van der Waals surface area contributed by atoms with Gasteiger partial charge in [-0.25, -0.2) is 4.79 Å². The molecule has 1 aliphatic rings. The summed E-state index contributed by atoms with van der Waals surface area (Å²) in [4.78, 5) is 26.8. The van der Waals surface area contributed by atoms with Gasteiger partial charge in [0, 0.05) is 5.69 Å². The van der Waals surface area contributed by atoms with Crippen molar-refractivity contribution in [1.29, 1.82) is 0 Å². The number of fused-ring (bicyclic) bond motifs is 3. The van der Waals surface area contributed by atoms with Crippen LogP contribution in [0.2, 0.25) is 0 Å². The van der Waals surface area contributed by atoms with Crippen LogP contribution in [-0.4, -0.2) is 32.3 Å². The highest BCUT2D eigenvalue weighted by Gasteiger charge is 2.44. The molecule has 37 heavy (non-hydrogen) atoms. The van der Waals surface area contributed by atoms with E-state index in [0.29, 0.717) is 45.2 Å². The van der Waals surface area contributed by atoms with Crippen molar-refractivity contribution in [3.63, 3.8) is 0 Å². The van der Waals surface area contributed by atoms with Gasteiger partial charge in [0.25, 0.3) is 5.91 Å². The van der Waals surface area contributed by atoms with Crippen LogP contribution in [0.3, 0.4) is 0 Å². The van der Waals surface area contributed by atoms with Crippen molar-refractivity contribution in [2.24, 2.45) is 0 Å². The Morgan fingerprint density at radius 3 is 2.41 bits per heavy atom. The highest BCUT2D eigenvalue weighted by molar-refractivity contribution is 5.97. The second kappa shape index (κ2) is 9.89. The summed E-state index contributed by atoms with van der Waals surface area (Å²) in [7, 11) is 3.12. The summed E-state index contributed by atoms with van der Waals surface area (Å²) >= 11 is 0. The van der Waals surface area contributed by atoms with Crippen molar-refractivity contribution in [3.05, 3.63) is 88.3 Å². The summed E-state index contributed by atoms with van der Waals surface area (Å²) in [6.45, 7) is 3.84. The Kier molecular flexibility index (Phi) is 6.48. The summed E-state index contributed by atoms with van der Waals surface area (Å²) < 4.78 is 28.5. The molecule has 0 bridgehead atoms. The third kappa shape index (κ3) is 4.58. The minimum absolute atomic E-state index is 0.0586. The zero-order chi connectivity index (χ0) is 26.1. The summed E-state index contributed by atoms with van der Waals surface area (Å²) in [5, 5.41) is 3.51. The van der Waals surface area contributed by atoms with E-state index in [1.807, 2.05) is 26.0 Å². The van der Waals surface area contributed by atoms with E-state index in [1.165, 1.54) is 0 Å². The molecule has 1 amide bonds. The fourth-order valence-electron chi connectivity index (χ4n) is 4.54.